The number of hydrogen-bond donors (Lipinski definition) is 2. The molecule has 2 amide bonds. The molecule has 1 heterocycles. The molecule has 1 atom stereocenters. The highest BCUT2D eigenvalue weighted by Gasteiger charge is 2.32. The normalized spacial score (nSPS) is 19.5. The highest BCUT2D eigenvalue weighted by atomic mass is 32.2. The Labute approximate surface area is 214 Å². The molecule has 1 aliphatic heterocycles. The summed E-state index contributed by atoms with van der Waals surface area (Å²) in [7, 11) is -3.44. The number of piperidine rings is 1. The van der Waals surface area contributed by atoms with Crippen LogP contribution in [0.4, 0.5) is 5.69 Å². The van der Waals surface area contributed by atoms with Crippen molar-refractivity contribution in [2.75, 3.05) is 24.2 Å². The largest absolute Gasteiger partial charge is 0.349 e. The van der Waals surface area contributed by atoms with Gasteiger partial charge in [-0.05, 0) is 56.2 Å². The predicted octanol–water partition coefficient (Wildman–Crippen LogP) is 4.36. The molecule has 2 aromatic carbocycles. The molecule has 36 heavy (non-hydrogen) atoms. The third-order valence-electron chi connectivity index (χ3n) is 7.23. The number of hydrogen-bond acceptors (Lipinski definition) is 4. The highest BCUT2D eigenvalue weighted by Crippen LogP contribution is 2.24. The Morgan fingerprint density at radius 3 is 2.39 bits per heavy atom. The van der Waals surface area contributed by atoms with Crippen molar-refractivity contribution in [2.45, 2.75) is 63.8 Å². The number of sulfonamides is 1. The molecule has 1 saturated heterocycles. The van der Waals surface area contributed by atoms with Gasteiger partial charge in [-0.3, -0.25) is 9.59 Å². The first-order valence-electron chi connectivity index (χ1n) is 13.1. The van der Waals surface area contributed by atoms with Gasteiger partial charge < -0.3 is 10.6 Å². The standard InChI is InChI=1S/C28H37N3O4S/c32-27(30-26-18-8-7-17-25(26)28(33)29-24-15-5-2-6-16-24)23-14-9-19-31(21-23)36(34,35)20-10-13-22-11-3-1-4-12-22/h1,3-4,7-8,11-12,17-18,23-24H,2,5-6,9-10,13-16,19-21H2,(H,29,33)(H,30,32)/t23-/m1/s1. The molecule has 0 radical (unpaired) electrons. The van der Waals surface area contributed by atoms with Crippen LogP contribution in [0.3, 0.4) is 0 Å². The molecular weight excluding hydrogens is 474 g/mol. The summed E-state index contributed by atoms with van der Waals surface area (Å²) in [6.07, 6.45) is 7.93. The zero-order valence-electron chi connectivity index (χ0n) is 20.8. The van der Waals surface area contributed by atoms with Crippen molar-refractivity contribution in [1.29, 1.82) is 0 Å². The van der Waals surface area contributed by atoms with E-state index in [-0.39, 0.29) is 30.2 Å². The Morgan fingerprint density at radius 2 is 1.61 bits per heavy atom. The molecule has 7 nitrogen and oxygen atoms in total. The number of carbonyl (C=O) groups is 2. The van der Waals surface area contributed by atoms with Crippen LogP contribution in [-0.2, 0) is 21.2 Å². The summed E-state index contributed by atoms with van der Waals surface area (Å²) >= 11 is 0. The summed E-state index contributed by atoms with van der Waals surface area (Å²) in [6.45, 7) is 0.619. The van der Waals surface area contributed by atoms with Gasteiger partial charge in [-0.15, -0.1) is 0 Å². The van der Waals surface area contributed by atoms with E-state index in [0.717, 1.165) is 31.2 Å². The van der Waals surface area contributed by atoms with Gasteiger partial charge in [-0.2, -0.15) is 0 Å². The number of rotatable bonds is 9. The van der Waals surface area contributed by atoms with Crippen molar-refractivity contribution >= 4 is 27.5 Å². The van der Waals surface area contributed by atoms with Crippen molar-refractivity contribution in [1.82, 2.24) is 9.62 Å². The van der Waals surface area contributed by atoms with Crippen molar-refractivity contribution in [3.05, 3.63) is 65.7 Å². The second-order valence-electron chi connectivity index (χ2n) is 9.95. The molecule has 0 aromatic heterocycles. The fourth-order valence-electron chi connectivity index (χ4n) is 5.18. The summed E-state index contributed by atoms with van der Waals surface area (Å²) in [5.74, 6) is -0.793. The van der Waals surface area contributed by atoms with Crippen molar-refractivity contribution in [3.8, 4) is 0 Å². The second kappa shape index (κ2) is 12.5. The molecule has 0 bridgehead atoms. The molecule has 2 fully saturated rings. The van der Waals surface area contributed by atoms with Crippen LogP contribution in [0.15, 0.2) is 54.6 Å². The molecule has 194 valence electrons. The van der Waals surface area contributed by atoms with E-state index >= 15 is 0 Å². The van der Waals surface area contributed by atoms with E-state index in [1.54, 1.807) is 24.3 Å². The van der Waals surface area contributed by atoms with Crippen LogP contribution in [0, 0.1) is 5.92 Å². The molecule has 0 unspecified atom stereocenters. The van der Waals surface area contributed by atoms with Gasteiger partial charge in [0.05, 0.1) is 22.9 Å². The lowest BCUT2D eigenvalue weighted by Gasteiger charge is -2.31. The van der Waals surface area contributed by atoms with Crippen molar-refractivity contribution in [2.24, 2.45) is 5.92 Å². The molecule has 8 heteroatoms. The number of nitrogens with one attached hydrogen (secondary N) is 2. The number of anilines is 1. The topological polar surface area (TPSA) is 95.6 Å². The number of carbonyl (C=O) groups excluding carboxylic acids is 2. The van der Waals surface area contributed by atoms with E-state index in [9.17, 15) is 18.0 Å². The maximum absolute atomic E-state index is 13.1. The molecule has 1 aliphatic carbocycles. The second-order valence-corrected chi connectivity index (χ2v) is 12.0. The van der Waals surface area contributed by atoms with Crippen LogP contribution in [0.1, 0.15) is 67.3 Å². The van der Waals surface area contributed by atoms with Gasteiger partial charge in [-0.1, -0.05) is 61.7 Å². The fraction of sp³-hybridized carbons (Fsp3) is 0.500. The zero-order valence-corrected chi connectivity index (χ0v) is 21.6. The molecule has 4 rings (SSSR count). The third kappa shape index (κ3) is 7.17. The smallest absolute Gasteiger partial charge is 0.253 e. The van der Waals surface area contributed by atoms with E-state index in [1.165, 1.54) is 10.7 Å². The SMILES string of the molecule is O=C(NC1CCCCC1)c1ccccc1NC(=O)[C@@H]1CCCN(S(=O)(=O)CCCc2ccccc2)C1. The summed E-state index contributed by atoms with van der Waals surface area (Å²) in [5.41, 5.74) is 2.03. The Hall–Kier alpha value is -2.71. The minimum atomic E-state index is -3.44. The zero-order chi connectivity index (χ0) is 25.4. The first-order chi connectivity index (χ1) is 17.4. The lowest BCUT2D eigenvalue weighted by molar-refractivity contribution is -0.120. The quantitative estimate of drug-likeness (QED) is 0.523. The monoisotopic (exact) mass is 511 g/mol. The average molecular weight is 512 g/mol. The number of para-hydroxylation sites is 1. The maximum Gasteiger partial charge on any atom is 0.253 e. The summed E-state index contributed by atoms with van der Waals surface area (Å²) in [5, 5.41) is 6.02. The van der Waals surface area contributed by atoms with Crippen LogP contribution in [-0.4, -0.2) is 49.4 Å². The van der Waals surface area contributed by atoms with Crippen molar-refractivity contribution in [3.63, 3.8) is 0 Å². The van der Waals surface area contributed by atoms with E-state index in [4.69, 9.17) is 0 Å². The predicted molar refractivity (Wildman–Crippen MR) is 142 cm³/mol. The van der Waals surface area contributed by atoms with E-state index < -0.39 is 15.9 Å². The van der Waals surface area contributed by atoms with Gasteiger partial charge in [0.15, 0.2) is 0 Å². The lowest BCUT2D eigenvalue weighted by atomic mass is 9.95. The maximum atomic E-state index is 13.1. The molecule has 1 saturated carbocycles. The lowest BCUT2D eigenvalue weighted by Crippen LogP contribution is -2.44. The highest BCUT2D eigenvalue weighted by molar-refractivity contribution is 7.89. The van der Waals surface area contributed by atoms with Crippen LogP contribution >= 0.6 is 0 Å². The van der Waals surface area contributed by atoms with Crippen LogP contribution in [0.2, 0.25) is 0 Å². The number of benzene rings is 2. The number of nitrogens with zero attached hydrogens (tertiary/aromatic N) is 1. The van der Waals surface area contributed by atoms with Gasteiger partial charge in [-0.25, -0.2) is 12.7 Å². The third-order valence-corrected chi connectivity index (χ3v) is 9.15. The molecule has 0 spiro atoms. The number of aryl methyl sites for hydroxylation is 1. The Kier molecular flexibility index (Phi) is 9.15. The van der Waals surface area contributed by atoms with E-state index in [0.29, 0.717) is 43.5 Å². The van der Waals surface area contributed by atoms with Gasteiger partial charge in [0, 0.05) is 19.1 Å². The minimum Gasteiger partial charge on any atom is -0.349 e. The average Bonchev–Trinajstić information content (AvgIpc) is 2.90. The van der Waals surface area contributed by atoms with Crippen LogP contribution in [0.5, 0.6) is 0 Å². The molecule has 2 aliphatic rings. The van der Waals surface area contributed by atoms with Gasteiger partial charge >= 0.3 is 0 Å². The molecule has 2 N–H and O–H groups in total. The van der Waals surface area contributed by atoms with E-state index in [2.05, 4.69) is 10.6 Å². The first-order valence-corrected chi connectivity index (χ1v) is 14.8. The van der Waals surface area contributed by atoms with E-state index in [1.807, 2.05) is 30.3 Å². The summed E-state index contributed by atoms with van der Waals surface area (Å²) in [4.78, 5) is 26.1. The molecule has 2 aromatic rings. The van der Waals surface area contributed by atoms with Crippen LogP contribution in [0.25, 0.3) is 0 Å². The minimum absolute atomic E-state index is 0.0698. The summed E-state index contributed by atoms with van der Waals surface area (Å²) in [6, 6.07) is 17.1. The van der Waals surface area contributed by atoms with Gasteiger partial charge in [0.2, 0.25) is 15.9 Å². The Balaban J connectivity index is 1.33. The first kappa shape index (κ1) is 26.4. The fourth-order valence-corrected chi connectivity index (χ4v) is 6.76. The Bertz CT molecular complexity index is 1130. The molecular formula is C28H37N3O4S. The summed E-state index contributed by atoms with van der Waals surface area (Å²) < 4.78 is 27.4. The van der Waals surface area contributed by atoms with Crippen molar-refractivity contribution < 1.29 is 18.0 Å². The number of amides is 2. The van der Waals surface area contributed by atoms with Crippen LogP contribution < -0.4 is 10.6 Å². The van der Waals surface area contributed by atoms with Gasteiger partial charge in [0.1, 0.15) is 0 Å². The van der Waals surface area contributed by atoms with Gasteiger partial charge in [0.25, 0.3) is 5.91 Å². The Morgan fingerprint density at radius 1 is 0.889 bits per heavy atom.